The van der Waals surface area contributed by atoms with Crippen LogP contribution in [0.4, 0.5) is 0 Å². The van der Waals surface area contributed by atoms with Crippen molar-refractivity contribution in [3.63, 3.8) is 0 Å². The van der Waals surface area contributed by atoms with Crippen molar-refractivity contribution < 1.29 is 25.2 Å². The Morgan fingerprint density at radius 3 is 1.89 bits per heavy atom. The van der Waals surface area contributed by atoms with Gasteiger partial charge < -0.3 is 5.32 Å². The van der Waals surface area contributed by atoms with Crippen LogP contribution in [0.15, 0.2) is 58.3 Å². The molecule has 2 unspecified atom stereocenters. The molecule has 1 N–H and O–H groups in total. The smallest absolute Gasteiger partial charge is 0.297 e. The molecule has 0 aliphatic carbocycles. The third-order valence-electron chi connectivity index (χ3n) is 4.49. The molecule has 0 aromatic heterocycles. The third-order valence-corrected chi connectivity index (χ3v) is 7.16. The third kappa shape index (κ3) is 5.18. The predicted octanol–water partition coefficient (Wildman–Crippen LogP) is 2.14. The van der Waals surface area contributed by atoms with Crippen LogP contribution in [0, 0.1) is 13.8 Å². The van der Waals surface area contributed by atoms with E-state index in [-0.39, 0.29) is 22.4 Å². The van der Waals surface area contributed by atoms with Crippen molar-refractivity contribution in [2.75, 3.05) is 13.2 Å². The zero-order valence-corrected chi connectivity index (χ0v) is 17.3. The normalized spacial score (nSPS) is 20.4. The van der Waals surface area contributed by atoms with Crippen LogP contribution >= 0.6 is 0 Å². The molecule has 3 rings (SSSR count). The molecule has 2 aromatic carbocycles. The minimum atomic E-state index is -3.87. The van der Waals surface area contributed by atoms with E-state index in [1.54, 1.807) is 24.3 Å². The fourth-order valence-corrected chi connectivity index (χ4v) is 4.90. The molecule has 152 valence electrons. The first-order chi connectivity index (χ1) is 13.2. The van der Waals surface area contributed by atoms with Crippen LogP contribution in [0.25, 0.3) is 0 Å². The summed E-state index contributed by atoms with van der Waals surface area (Å²) in [6.45, 7) is 3.93. The minimum absolute atomic E-state index is 0.0887. The van der Waals surface area contributed by atoms with Gasteiger partial charge in [-0.25, -0.2) is 0 Å². The zero-order chi connectivity index (χ0) is 20.4. The molecular weight excluding hydrogens is 402 g/mol. The van der Waals surface area contributed by atoms with E-state index in [4.69, 9.17) is 8.37 Å². The number of aryl methyl sites for hydroxylation is 2. The van der Waals surface area contributed by atoms with E-state index in [0.29, 0.717) is 13.0 Å². The van der Waals surface area contributed by atoms with Gasteiger partial charge in [0.05, 0.1) is 22.5 Å². The number of hydrogen-bond acceptors (Lipinski definition) is 7. The molecule has 0 saturated carbocycles. The second kappa shape index (κ2) is 8.30. The van der Waals surface area contributed by atoms with Crippen LogP contribution in [0.5, 0.6) is 0 Å². The Morgan fingerprint density at radius 2 is 1.36 bits per heavy atom. The molecule has 0 amide bonds. The summed E-state index contributed by atoms with van der Waals surface area (Å²) in [7, 11) is -7.74. The van der Waals surface area contributed by atoms with Gasteiger partial charge in [0.1, 0.15) is 0 Å². The van der Waals surface area contributed by atoms with E-state index in [1.807, 2.05) is 13.8 Å². The van der Waals surface area contributed by atoms with Crippen LogP contribution in [0.3, 0.4) is 0 Å². The zero-order valence-electron chi connectivity index (χ0n) is 15.7. The van der Waals surface area contributed by atoms with Crippen LogP contribution in [-0.4, -0.2) is 42.1 Å². The summed E-state index contributed by atoms with van der Waals surface area (Å²) in [5.41, 5.74) is 1.90. The molecule has 7 nitrogen and oxygen atoms in total. The summed E-state index contributed by atoms with van der Waals surface area (Å²) in [5, 5.41) is 3.04. The highest BCUT2D eigenvalue weighted by Crippen LogP contribution is 2.21. The molecule has 0 bridgehead atoms. The Bertz CT molecular complexity index is 1020. The maximum Gasteiger partial charge on any atom is 0.297 e. The van der Waals surface area contributed by atoms with Gasteiger partial charge in [-0.3, -0.25) is 8.37 Å². The maximum absolute atomic E-state index is 12.4. The number of hydrogen-bond donors (Lipinski definition) is 1. The van der Waals surface area contributed by atoms with E-state index in [0.717, 1.165) is 11.1 Å². The summed E-state index contributed by atoms with van der Waals surface area (Å²) < 4.78 is 59.6. The molecule has 0 spiro atoms. The second-order valence-electron chi connectivity index (χ2n) is 6.88. The lowest BCUT2D eigenvalue weighted by Crippen LogP contribution is -2.28. The highest BCUT2D eigenvalue weighted by atomic mass is 32.2. The van der Waals surface area contributed by atoms with Crippen molar-refractivity contribution in [1.29, 1.82) is 0 Å². The van der Waals surface area contributed by atoms with Gasteiger partial charge in [-0.1, -0.05) is 35.4 Å². The van der Waals surface area contributed by atoms with Gasteiger partial charge in [0.2, 0.25) is 0 Å². The summed E-state index contributed by atoms with van der Waals surface area (Å²) in [6, 6.07) is 12.5. The topological polar surface area (TPSA) is 98.8 Å². The van der Waals surface area contributed by atoms with Crippen LogP contribution in [0.1, 0.15) is 17.5 Å². The molecule has 2 aromatic rings. The maximum atomic E-state index is 12.4. The van der Waals surface area contributed by atoms with Gasteiger partial charge in [-0.05, 0) is 44.5 Å². The molecule has 1 aliphatic heterocycles. The van der Waals surface area contributed by atoms with E-state index in [2.05, 4.69) is 5.32 Å². The predicted molar refractivity (Wildman–Crippen MR) is 104 cm³/mol. The Morgan fingerprint density at radius 1 is 0.857 bits per heavy atom. The molecular formula is C19H23NO6S2. The average molecular weight is 426 g/mol. The van der Waals surface area contributed by atoms with Crippen LogP contribution in [-0.2, 0) is 28.6 Å². The van der Waals surface area contributed by atoms with E-state index in [1.165, 1.54) is 24.3 Å². The fraction of sp³-hybridized carbons (Fsp3) is 0.368. The lowest BCUT2D eigenvalue weighted by atomic mass is 10.2. The van der Waals surface area contributed by atoms with E-state index in [9.17, 15) is 16.8 Å². The van der Waals surface area contributed by atoms with Gasteiger partial charge >= 0.3 is 0 Å². The van der Waals surface area contributed by atoms with Crippen molar-refractivity contribution in [3.05, 3.63) is 59.7 Å². The molecule has 1 heterocycles. The van der Waals surface area contributed by atoms with Crippen molar-refractivity contribution in [2.24, 2.45) is 0 Å². The Kier molecular flexibility index (Phi) is 6.21. The molecule has 2 atom stereocenters. The van der Waals surface area contributed by atoms with Crippen LogP contribution < -0.4 is 5.32 Å². The molecule has 1 fully saturated rings. The fourth-order valence-electron chi connectivity index (χ4n) is 2.87. The van der Waals surface area contributed by atoms with Crippen molar-refractivity contribution in [2.45, 2.75) is 42.2 Å². The Balaban J connectivity index is 1.55. The van der Waals surface area contributed by atoms with Gasteiger partial charge in [0.15, 0.2) is 0 Å². The highest BCUT2D eigenvalue weighted by Gasteiger charge is 2.31. The van der Waals surface area contributed by atoms with Gasteiger partial charge in [-0.2, -0.15) is 16.8 Å². The SMILES string of the molecule is Cc1ccc(S(=O)(=O)OCC2CC(OS(=O)(=O)c3ccc(C)cc3)CN2)cc1. The van der Waals surface area contributed by atoms with Crippen molar-refractivity contribution >= 4 is 20.2 Å². The first kappa shape index (κ1) is 20.9. The molecule has 1 saturated heterocycles. The van der Waals surface area contributed by atoms with E-state index >= 15 is 0 Å². The molecule has 0 radical (unpaired) electrons. The Labute approximate surface area is 165 Å². The summed E-state index contributed by atoms with van der Waals surface area (Å²) in [4.78, 5) is 0.186. The van der Waals surface area contributed by atoms with E-state index < -0.39 is 26.3 Å². The monoisotopic (exact) mass is 425 g/mol. The van der Waals surface area contributed by atoms with Gasteiger partial charge in [0.25, 0.3) is 20.2 Å². The number of nitrogens with one attached hydrogen (secondary N) is 1. The summed E-state index contributed by atoms with van der Waals surface area (Å²) >= 11 is 0. The lowest BCUT2D eigenvalue weighted by Gasteiger charge is -2.12. The summed E-state index contributed by atoms with van der Waals surface area (Å²) in [6.07, 6.45) is -0.254. The van der Waals surface area contributed by atoms with Gasteiger partial charge in [-0.15, -0.1) is 0 Å². The quantitative estimate of drug-likeness (QED) is 0.679. The molecule has 9 heteroatoms. The molecule has 28 heavy (non-hydrogen) atoms. The Hall–Kier alpha value is -1.78. The lowest BCUT2D eigenvalue weighted by molar-refractivity contribution is 0.218. The number of benzene rings is 2. The minimum Gasteiger partial charge on any atom is -0.309 e. The standard InChI is InChI=1S/C19H23NO6S2/c1-14-3-7-18(8-4-14)27(21,22)25-13-16-11-17(12-20-16)26-28(23,24)19-9-5-15(2)6-10-19/h3-10,16-17,20H,11-13H2,1-2H3. The first-order valence-corrected chi connectivity index (χ1v) is 11.7. The van der Waals surface area contributed by atoms with Gasteiger partial charge in [0, 0.05) is 12.6 Å². The van der Waals surface area contributed by atoms with Crippen LogP contribution in [0.2, 0.25) is 0 Å². The summed E-state index contributed by atoms with van der Waals surface area (Å²) in [5.74, 6) is 0. The van der Waals surface area contributed by atoms with Crippen molar-refractivity contribution in [3.8, 4) is 0 Å². The number of rotatable bonds is 7. The highest BCUT2D eigenvalue weighted by molar-refractivity contribution is 7.87. The second-order valence-corrected chi connectivity index (χ2v) is 10.1. The largest absolute Gasteiger partial charge is 0.309 e. The average Bonchev–Trinajstić information content (AvgIpc) is 3.07. The van der Waals surface area contributed by atoms with Crippen molar-refractivity contribution in [1.82, 2.24) is 5.32 Å². The molecule has 1 aliphatic rings. The first-order valence-electron chi connectivity index (χ1n) is 8.85.